The van der Waals surface area contributed by atoms with Crippen LogP contribution in [0.1, 0.15) is 32.8 Å². The van der Waals surface area contributed by atoms with E-state index in [-0.39, 0.29) is 31.0 Å². The predicted octanol–water partition coefficient (Wildman–Crippen LogP) is 5.31. The molecule has 2 rings (SSSR count). The van der Waals surface area contributed by atoms with Gasteiger partial charge in [-0.3, -0.25) is 9.59 Å². The first kappa shape index (κ1) is 24.8. The molecule has 0 fully saturated rings. The lowest BCUT2D eigenvalue weighted by molar-refractivity contribution is -0.143. The minimum atomic E-state index is -0.630. The van der Waals surface area contributed by atoms with Crippen LogP contribution in [0.25, 0.3) is 0 Å². The van der Waals surface area contributed by atoms with Gasteiger partial charge in [-0.15, -0.1) is 0 Å². The Balaban J connectivity index is 2.23. The highest BCUT2D eigenvalue weighted by atomic mass is 127. The van der Waals surface area contributed by atoms with Gasteiger partial charge in [0.15, 0.2) is 6.61 Å². The summed E-state index contributed by atoms with van der Waals surface area (Å²) in [6.07, 6.45) is 0.467. The number of amides is 2. The Bertz CT molecular complexity index is 875. The third-order valence-electron chi connectivity index (χ3n) is 4.33. The summed E-state index contributed by atoms with van der Waals surface area (Å²) in [7, 11) is 0. The Kier molecular flexibility index (Phi) is 9.71. The first-order valence-corrected chi connectivity index (χ1v) is 11.5. The van der Waals surface area contributed by atoms with E-state index in [1.807, 2.05) is 32.9 Å². The SMILES string of the molecule is CCC(C(=O)NC(C)C)N(Cc1ccc(Cl)c(Cl)c1)C(=O)COc1ccc(I)cc1. The van der Waals surface area contributed by atoms with Crippen LogP contribution in [0.3, 0.4) is 0 Å². The van der Waals surface area contributed by atoms with Gasteiger partial charge in [0.25, 0.3) is 5.91 Å². The predicted molar refractivity (Wildman–Crippen MR) is 129 cm³/mol. The molecule has 5 nitrogen and oxygen atoms in total. The molecule has 0 bridgehead atoms. The molecule has 0 radical (unpaired) electrons. The number of benzene rings is 2. The van der Waals surface area contributed by atoms with Gasteiger partial charge >= 0.3 is 0 Å². The van der Waals surface area contributed by atoms with Crippen LogP contribution in [-0.2, 0) is 16.1 Å². The number of hydrogen-bond donors (Lipinski definition) is 1. The lowest BCUT2D eigenvalue weighted by Crippen LogP contribution is -2.51. The van der Waals surface area contributed by atoms with E-state index in [2.05, 4.69) is 27.9 Å². The quantitative estimate of drug-likeness (QED) is 0.421. The summed E-state index contributed by atoms with van der Waals surface area (Å²) in [6.45, 7) is 5.69. The zero-order valence-electron chi connectivity index (χ0n) is 17.1. The monoisotopic (exact) mass is 562 g/mol. The molecule has 2 aromatic carbocycles. The maximum atomic E-state index is 13.1. The number of ether oxygens (including phenoxy) is 1. The van der Waals surface area contributed by atoms with E-state index in [9.17, 15) is 9.59 Å². The van der Waals surface area contributed by atoms with Crippen LogP contribution in [0.4, 0.5) is 0 Å². The van der Waals surface area contributed by atoms with Crippen molar-refractivity contribution in [3.63, 3.8) is 0 Å². The normalized spacial score (nSPS) is 11.8. The van der Waals surface area contributed by atoms with Gasteiger partial charge in [0, 0.05) is 16.2 Å². The number of hydrogen-bond acceptors (Lipinski definition) is 3. The number of nitrogens with zero attached hydrogens (tertiary/aromatic N) is 1. The van der Waals surface area contributed by atoms with Crippen molar-refractivity contribution in [3.05, 3.63) is 61.6 Å². The van der Waals surface area contributed by atoms with E-state index in [1.165, 1.54) is 4.90 Å². The fraction of sp³-hybridized carbons (Fsp3) is 0.364. The summed E-state index contributed by atoms with van der Waals surface area (Å²) in [5, 5.41) is 3.73. The Morgan fingerprint density at radius 3 is 2.33 bits per heavy atom. The van der Waals surface area contributed by atoms with Crippen LogP contribution in [0.5, 0.6) is 5.75 Å². The second-order valence-corrected chi connectivity index (χ2v) is 9.16. The van der Waals surface area contributed by atoms with Crippen LogP contribution < -0.4 is 10.1 Å². The van der Waals surface area contributed by atoms with Crippen molar-refractivity contribution in [1.82, 2.24) is 10.2 Å². The van der Waals surface area contributed by atoms with Crippen LogP contribution in [0, 0.1) is 3.57 Å². The lowest BCUT2D eigenvalue weighted by Gasteiger charge is -2.31. The molecule has 0 saturated carbocycles. The Morgan fingerprint density at radius 2 is 1.77 bits per heavy atom. The first-order valence-electron chi connectivity index (χ1n) is 9.63. The van der Waals surface area contributed by atoms with Crippen LogP contribution in [-0.4, -0.2) is 35.4 Å². The molecule has 162 valence electrons. The Labute approximate surface area is 201 Å². The minimum absolute atomic E-state index is 0.0310. The van der Waals surface area contributed by atoms with Crippen LogP contribution in [0.2, 0.25) is 10.0 Å². The summed E-state index contributed by atoms with van der Waals surface area (Å²) in [5.41, 5.74) is 0.780. The molecule has 0 aromatic heterocycles. The first-order chi connectivity index (χ1) is 14.2. The van der Waals surface area contributed by atoms with E-state index in [0.29, 0.717) is 22.2 Å². The number of nitrogens with one attached hydrogen (secondary N) is 1. The van der Waals surface area contributed by atoms with Gasteiger partial charge in [0.05, 0.1) is 10.0 Å². The molecule has 0 heterocycles. The average molecular weight is 563 g/mol. The van der Waals surface area contributed by atoms with Gasteiger partial charge in [0.2, 0.25) is 5.91 Å². The molecule has 2 amide bonds. The molecular formula is C22H25Cl2IN2O3. The topological polar surface area (TPSA) is 58.6 Å². The standard InChI is InChI=1S/C22H25Cl2IN2O3/c1-4-20(22(29)26-14(2)3)27(12-15-5-10-18(23)19(24)11-15)21(28)13-30-17-8-6-16(25)7-9-17/h5-11,14,20H,4,12-13H2,1-3H3,(H,26,29). The Hall–Kier alpha value is -1.51. The highest BCUT2D eigenvalue weighted by molar-refractivity contribution is 14.1. The van der Waals surface area contributed by atoms with E-state index >= 15 is 0 Å². The van der Waals surface area contributed by atoms with Gasteiger partial charge in [-0.2, -0.15) is 0 Å². The van der Waals surface area contributed by atoms with Crippen molar-refractivity contribution in [2.24, 2.45) is 0 Å². The zero-order chi connectivity index (χ0) is 22.3. The van der Waals surface area contributed by atoms with Crippen molar-refractivity contribution >= 4 is 57.6 Å². The number of carbonyl (C=O) groups excluding carboxylic acids is 2. The molecule has 0 aliphatic rings. The molecule has 30 heavy (non-hydrogen) atoms. The molecule has 0 spiro atoms. The lowest BCUT2D eigenvalue weighted by atomic mass is 10.1. The second-order valence-electron chi connectivity index (χ2n) is 7.10. The molecule has 1 atom stereocenters. The maximum absolute atomic E-state index is 13.1. The van der Waals surface area contributed by atoms with Crippen molar-refractivity contribution in [3.8, 4) is 5.75 Å². The van der Waals surface area contributed by atoms with Crippen molar-refractivity contribution in [1.29, 1.82) is 0 Å². The average Bonchev–Trinajstić information content (AvgIpc) is 2.69. The minimum Gasteiger partial charge on any atom is -0.484 e. The van der Waals surface area contributed by atoms with Gasteiger partial charge < -0.3 is 15.0 Å². The second kappa shape index (κ2) is 11.8. The van der Waals surface area contributed by atoms with Crippen LogP contribution in [0.15, 0.2) is 42.5 Å². The summed E-state index contributed by atoms with van der Waals surface area (Å²) in [5.74, 6) is 0.110. The third kappa shape index (κ3) is 7.32. The van der Waals surface area contributed by atoms with Gasteiger partial charge in [-0.05, 0) is 84.8 Å². The number of carbonyl (C=O) groups is 2. The van der Waals surface area contributed by atoms with Crippen LogP contribution >= 0.6 is 45.8 Å². The smallest absolute Gasteiger partial charge is 0.261 e. The van der Waals surface area contributed by atoms with E-state index in [4.69, 9.17) is 27.9 Å². The summed E-state index contributed by atoms with van der Waals surface area (Å²) >= 11 is 14.3. The summed E-state index contributed by atoms with van der Waals surface area (Å²) in [6, 6.07) is 11.9. The van der Waals surface area contributed by atoms with E-state index in [1.54, 1.807) is 30.3 Å². The molecule has 0 aliphatic heterocycles. The summed E-state index contributed by atoms with van der Waals surface area (Å²) in [4.78, 5) is 27.4. The largest absolute Gasteiger partial charge is 0.484 e. The maximum Gasteiger partial charge on any atom is 0.261 e. The Morgan fingerprint density at radius 1 is 1.10 bits per heavy atom. The van der Waals surface area contributed by atoms with Crippen molar-refractivity contribution in [2.45, 2.75) is 45.8 Å². The highest BCUT2D eigenvalue weighted by Crippen LogP contribution is 2.24. The molecule has 0 saturated heterocycles. The molecule has 0 aliphatic carbocycles. The van der Waals surface area contributed by atoms with E-state index in [0.717, 1.165) is 9.13 Å². The fourth-order valence-corrected chi connectivity index (χ4v) is 3.57. The highest BCUT2D eigenvalue weighted by Gasteiger charge is 2.29. The molecular weight excluding hydrogens is 538 g/mol. The van der Waals surface area contributed by atoms with Gasteiger partial charge in [-0.25, -0.2) is 0 Å². The number of rotatable bonds is 9. The molecule has 1 N–H and O–H groups in total. The van der Waals surface area contributed by atoms with Gasteiger partial charge in [0.1, 0.15) is 11.8 Å². The zero-order valence-corrected chi connectivity index (χ0v) is 20.8. The van der Waals surface area contributed by atoms with Crippen molar-refractivity contribution < 1.29 is 14.3 Å². The fourth-order valence-electron chi connectivity index (χ4n) is 2.89. The molecule has 8 heteroatoms. The van der Waals surface area contributed by atoms with Crippen molar-refractivity contribution in [2.75, 3.05) is 6.61 Å². The van der Waals surface area contributed by atoms with Gasteiger partial charge in [-0.1, -0.05) is 36.2 Å². The van der Waals surface area contributed by atoms with E-state index < -0.39 is 6.04 Å². The number of halogens is 3. The molecule has 1 unspecified atom stereocenters. The third-order valence-corrected chi connectivity index (χ3v) is 5.79. The molecule has 2 aromatic rings. The summed E-state index contributed by atoms with van der Waals surface area (Å²) < 4.78 is 6.74.